The van der Waals surface area contributed by atoms with Crippen molar-refractivity contribution in [2.45, 2.75) is 20.4 Å². The number of rotatable bonds is 7. The maximum Gasteiger partial charge on any atom is 0.238 e. The van der Waals surface area contributed by atoms with E-state index in [9.17, 15) is 9.59 Å². The first-order valence-electron chi connectivity index (χ1n) is 9.12. The first-order chi connectivity index (χ1) is 13.4. The predicted molar refractivity (Wildman–Crippen MR) is 106 cm³/mol. The average Bonchev–Trinajstić information content (AvgIpc) is 3.11. The van der Waals surface area contributed by atoms with Crippen LogP contribution in [0, 0.1) is 13.8 Å². The summed E-state index contributed by atoms with van der Waals surface area (Å²) in [6, 6.07) is 11.4. The van der Waals surface area contributed by atoms with Gasteiger partial charge in [-0.05, 0) is 49.7 Å². The van der Waals surface area contributed by atoms with Crippen molar-refractivity contribution in [2.75, 3.05) is 32.2 Å². The van der Waals surface area contributed by atoms with Crippen LogP contribution in [0.1, 0.15) is 16.7 Å². The fourth-order valence-electron chi connectivity index (χ4n) is 3.04. The fraction of sp³-hybridized carbons (Fsp3) is 0.333. The molecule has 2 N–H and O–H groups in total. The molecule has 0 atom stereocenters. The number of aryl methyl sites for hydroxylation is 2. The molecule has 0 aromatic heterocycles. The van der Waals surface area contributed by atoms with Crippen molar-refractivity contribution in [1.82, 2.24) is 10.2 Å². The lowest BCUT2D eigenvalue weighted by atomic mass is 10.1. The largest absolute Gasteiger partial charge is 0.454 e. The molecule has 148 valence electrons. The Morgan fingerprint density at radius 3 is 2.43 bits per heavy atom. The molecule has 0 bridgehead atoms. The number of fused-ring (bicyclic) bond motifs is 1. The van der Waals surface area contributed by atoms with Crippen LogP contribution in [0.3, 0.4) is 0 Å². The van der Waals surface area contributed by atoms with E-state index < -0.39 is 0 Å². The minimum atomic E-state index is -0.153. The smallest absolute Gasteiger partial charge is 0.238 e. The molecule has 1 aliphatic heterocycles. The maximum absolute atomic E-state index is 12.3. The summed E-state index contributed by atoms with van der Waals surface area (Å²) in [6.45, 7) is 4.78. The third kappa shape index (κ3) is 5.01. The van der Waals surface area contributed by atoms with Crippen LogP contribution in [0.4, 0.5) is 5.69 Å². The second-order valence-corrected chi connectivity index (χ2v) is 6.95. The lowest BCUT2D eigenvalue weighted by Crippen LogP contribution is -2.38. The van der Waals surface area contributed by atoms with Crippen LogP contribution >= 0.6 is 0 Å². The molecule has 2 aromatic carbocycles. The zero-order valence-electron chi connectivity index (χ0n) is 16.4. The minimum Gasteiger partial charge on any atom is -0.454 e. The van der Waals surface area contributed by atoms with Crippen LogP contribution < -0.4 is 20.1 Å². The summed E-state index contributed by atoms with van der Waals surface area (Å²) >= 11 is 0. The van der Waals surface area contributed by atoms with Crippen LogP contribution in [0.15, 0.2) is 36.4 Å². The van der Waals surface area contributed by atoms with E-state index in [-0.39, 0.29) is 31.7 Å². The molecular weight excluding hydrogens is 358 g/mol. The first-order valence-corrected chi connectivity index (χ1v) is 9.12. The van der Waals surface area contributed by atoms with Crippen LogP contribution in [0.25, 0.3) is 0 Å². The summed E-state index contributed by atoms with van der Waals surface area (Å²) in [6.07, 6.45) is 0. The monoisotopic (exact) mass is 383 g/mol. The Hall–Kier alpha value is -3.06. The number of benzene rings is 2. The zero-order chi connectivity index (χ0) is 20.1. The number of carbonyl (C=O) groups excluding carboxylic acids is 2. The number of para-hydroxylation sites is 1. The number of ether oxygens (including phenoxy) is 2. The molecule has 28 heavy (non-hydrogen) atoms. The molecule has 0 unspecified atom stereocenters. The number of likely N-dealkylation sites (N-methyl/N-ethyl adjacent to an activating group) is 1. The molecule has 0 saturated carbocycles. The summed E-state index contributed by atoms with van der Waals surface area (Å²) < 4.78 is 10.6. The topological polar surface area (TPSA) is 79.9 Å². The van der Waals surface area contributed by atoms with Gasteiger partial charge in [0, 0.05) is 12.2 Å². The third-order valence-electron chi connectivity index (χ3n) is 4.50. The van der Waals surface area contributed by atoms with Crippen LogP contribution in [0.2, 0.25) is 0 Å². The molecule has 0 aliphatic carbocycles. The number of carbonyl (C=O) groups is 2. The van der Waals surface area contributed by atoms with E-state index in [1.807, 2.05) is 50.2 Å². The summed E-state index contributed by atoms with van der Waals surface area (Å²) in [5.74, 6) is 1.10. The minimum absolute atomic E-state index is 0.130. The quantitative estimate of drug-likeness (QED) is 0.766. The highest BCUT2D eigenvalue weighted by atomic mass is 16.7. The molecule has 1 aliphatic rings. The van der Waals surface area contributed by atoms with E-state index >= 15 is 0 Å². The number of amides is 2. The number of hydrogen-bond acceptors (Lipinski definition) is 5. The van der Waals surface area contributed by atoms with Crippen LogP contribution in [-0.2, 0) is 16.1 Å². The Balaban J connectivity index is 1.44. The zero-order valence-corrected chi connectivity index (χ0v) is 16.4. The summed E-state index contributed by atoms with van der Waals surface area (Å²) in [7, 11) is 1.74. The molecule has 0 spiro atoms. The normalized spacial score (nSPS) is 12.1. The third-order valence-corrected chi connectivity index (χ3v) is 4.50. The molecule has 3 rings (SSSR count). The number of anilines is 1. The van der Waals surface area contributed by atoms with E-state index in [1.54, 1.807) is 11.9 Å². The van der Waals surface area contributed by atoms with Gasteiger partial charge in [0.25, 0.3) is 0 Å². The summed E-state index contributed by atoms with van der Waals surface area (Å²) in [5, 5.41) is 5.78. The Labute approximate surface area is 164 Å². The van der Waals surface area contributed by atoms with Crippen molar-refractivity contribution in [1.29, 1.82) is 0 Å². The first kappa shape index (κ1) is 19.7. The summed E-state index contributed by atoms with van der Waals surface area (Å²) in [4.78, 5) is 26.1. The molecule has 2 amide bonds. The molecule has 0 saturated heterocycles. The van der Waals surface area contributed by atoms with Gasteiger partial charge in [0.15, 0.2) is 11.5 Å². The van der Waals surface area contributed by atoms with Crippen molar-refractivity contribution in [3.05, 3.63) is 53.1 Å². The fourth-order valence-corrected chi connectivity index (χ4v) is 3.04. The second-order valence-electron chi connectivity index (χ2n) is 6.95. The van der Waals surface area contributed by atoms with Gasteiger partial charge in [-0.1, -0.05) is 24.3 Å². The molecule has 2 aromatic rings. The average molecular weight is 383 g/mol. The van der Waals surface area contributed by atoms with Gasteiger partial charge in [0.1, 0.15) is 0 Å². The summed E-state index contributed by atoms with van der Waals surface area (Å²) in [5.41, 5.74) is 3.77. The van der Waals surface area contributed by atoms with Gasteiger partial charge in [-0.15, -0.1) is 0 Å². The van der Waals surface area contributed by atoms with Crippen molar-refractivity contribution in [3.63, 3.8) is 0 Å². The van der Waals surface area contributed by atoms with Crippen molar-refractivity contribution in [3.8, 4) is 11.5 Å². The van der Waals surface area contributed by atoms with E-state index in [0.29, 0.717) is 18.0 Å². The van der Waals surface area contributed by atoms with E-state index in [0.717, 1.165) is 22.4 Å². The number of hydrogen-bond donors (Lipinski definition) is 2. The lowest BCUT2D eigenvalue weighted by molar-refractivity contribution is -0.123. The van der Waals surface area contributed by atoms with E-state index in [4.69, 9.17) is 9.47 Å². The molecule has 7 nitrogen and oxygen atoms in total. The van der Waals surface area contributed by atoms with Gasteiger partial charge >= 0.3 is 0 Å². The van der Waals surface area contributed by atoms with E-state index in [1.165, 1.54) is 0 Å². The van der Waals surface area contributed by atoms with Gasteiger partial charge in [0.2, 0.25) is 18.6 Å². The van der Waals surface area contributed by atoms with Crippen molar-refractivity contribution < 1.29 is 19.1 Å². The maximum atomic E-state index is 12.3. The number of nitrogens with zero attached hydrogens (tertiary/aromatic N) is 1. The van der Waals surface area contributed by atoms with Gasteiger partial charge < -0.3 is 20.1 Å². The van der Waals surface area contributed by atoms with Gasteiger partial charge in [-0.3, -0.25) is 14.5 Å². The lowest BCUT2D eigenvalue weighted by Gasteiger charge is -2.17. The highest BCUT2D eigenvalue weighted by molar-refractivity contribution is 5.94. The molecule has 0 fully saturated rings. The Bertz CT molecular complexity index is 862. The predicted octanol–water partition coefficient (Wildman–Crippen LogP) is 2.22. The van der Waals surface area contributed by atoms with Gasteiger partial charge in [0.05, 0.1) is 13.1 Å². The van der Waals surface area contributed by atoms with Gasteiger partial charge in [-0.2, -0.15) is 0 Å². The van der Waals surface area contributed by atoms with Gasteiger partial charge in [-0.25, -0.2) is 0 Å². The SMILES string of the molecule is Cc1cccc(C)c1NC(=O)CN(C)CC(=O)NCc1ccc2c(c1)OCO2. The Kier molecular flexibility index (Phi) is 6.16. The standard InChI is InChI=1S/C21H25N3O4/c1-14-5-4-6-15(2)21(14)23-20(26)12-24(3)11-19(25)22-10-16-7-8-17-18(9-16)28-13-27-17/h4-9H,10-13H2,1-3H3,(H,22,25)(H,23,26). The molecule has 0 radical (unpaired) electrons. The van der Waals surface area contributed by atoms with Crippen LogP contribution in [0.5, 0.6) is 11.5 Å². The van der Waals surface area contributed by atoms with Crippen LogP contribution in [-0.4, -0.2) is 43.6 Å². The van der Waals surface area contributed by atoms with Crippen molar-refractivity contribution in [2.24, 2.45) is 0 Å². The second kappa shape index (κ2) is 8.75. The number of nitrogens with one attached hydrogen (secondary N) is 2. The Morgan fingerprint density at radius 2 is 1.68 bits per heavy atom. The molecule has 1 heterocycles. The highest BCUT2D eigenvalue weighted by Gasteiger charge is 2.15. The molecular formula is C21H25N3O4. The Morgan fingerprint density at radius 1 is 1.00 bits per heavy atom. The van der Waals surface area contributed by atoms with E-state index in [2.05, 4.69) is 10.6 Å². The molecule has 7 heteroatoms. The highest BCUT2D eigenvalue weighted by Crippen LogP contribution is 2.32. The van der Waals surface area contributed by atoms with Crippen molar-refractivity contribution >= 4 is 17.5 Å².